The van der Waals surface area contributed by atoms with Crippen LogP contribution in [-0.2, 0) is 11.3 Å². The van der Waals surface area contributed by atoms with Crippen LogP contribution in [0.5, 0.6) is 5.75 Å². The zero-order valence-electron chi connectivity index (χ0n) is 22.8. The van der Waals surface area contributed by atoms with Crippen LogP contribution in [0.25, 0.3) is 0 Å². The van der Waals surface area contributed by atoms with E-state index in [1.54, 1.807) is 13.0 Å². The Labute approximate surface area is 227 Å². The summed E-state index contributed by atoms with van der Waals surface area (Å²) in [6.45, 7) is 5.03. The number of aliphatic hydroxyl groups is 1. The number of Topliss-reactive ketones (excluding diaryl/α,β-unsaturated/α-hetero) is 1. The molecule has 1 atom stereocenters. The number of nitrogens with zero attached hydrogens (tertiary/aromatic N) is 3. The van der Waals surface area contributed by atoms with E-state index < -0.39 is 23.6 Å². The number of carbonyl (C=O) groups is 2. The van der Waals surface area contributed by atoms with Crippen LogP contribution in [0.15, 0.2) is 42.6 Å². The maximum atomic E-state index is 14.0. The minimum Gasteiger partial charge on any atom is -0.496 e. The molecule has 1 saturated carbocycles. The molecule has 39 heavy (non-hydrogen) atoms. The molecule has 0 aliphatic heterocycles. The summed E-state index contributed by atoms with van der Waals surface area (Å²) in [6.07, 6.45) is 3.54. The number of methoxy groups -OCH3 is 1. The summed E-state index contributed by atoms with van der Waals surface area (Å²) in [4.78, 5) is 27.0. The van der Waals surface area contributed by atoms with Crippen molar-refractivity contribution < 1.29 is 28.2 Å². The van der Waals surface area contributed by atoms with Crippen molar-refractivity contribution in [1.82, 2.24) is 14.7 Å². The van der Waals surface area contributed by atoms with E-state index in [1.165, 1.54) is 30.3 Å². The van der Waals surface area contributed by atoms with Gasteiger partial charge in [0.05, 0.1) is 31.5 Å². The minimum atomic E-state index is -1.11. The van der Waals surface area contributed by atoms with Gasteiger partial charge in [-0.3, -0.25) is 14.3 Å². The fraction of sp³-hybridized carbons (Fsp3) is 0.433. The highest BCUT2D eigenvalue weighted by Gasteiger charge is 2.30. The van der Waals surface area contributed by atoms with Gasteiger partial charge in [0.15, 0.2) is 0 Å². The maximum absolute atomic E-state index is 14.0. The lowest BCUT2D eigenvalue weighted by atomic mass is 9.84. The SMILES string of the molecule is COc1cccc(C)c1C(O)CN(Cc1cc(F)cc(F)c1)C(=O)c1cnn([C@H]2CC[C@H](C(C)=O)CC2)c1C. The van der Waals surface area contributed by atoms with E-state index in [1.807, 2.05) is 30.7 Å². The van der Waals surface area contributed by atoms with Gasteiger partial charge in [-0.1, -0.05) is 12.1 Å². The van der Waals surface area contributed by atoms with Crippen molar-refractivity contribution in [2.75, 3.05) is 13.7 Å². The number of halogens is 2. The van der Waals surface area contributed by atoms with Gasteiger partial charge in [-0.05, 0) is 75.8 Å². The lowest BCUT2D eigenvalue weighted by Gasteiger charge is -2.29. The predicted octanol–water partition coefficient (Wildman–Crippen LogP) is 5.48. The van der Waals surface area contributed by atoms with Gasteiger partial charge in [-0.25, -0.2) is 8.78 Å². The average molecular weight is 540 g/mol. The molecule has 1 unspecified atom stereocenters. The summed E-state index contributed by atoms with van der Waals surface area (Å²) in [5.74, 6) is -1.15. The summed E-state index contributed by atoms with van der Waals surface area (Å²) in [7, 11) is 1.51. The number of hydrogen-bond acceptors (Lipinski definition) is 5. The second-order valence-electron chi connectivity index (χ2n) is 10.4. The lowest BCUT2D eigenvalue weighted by molar-refractivity contribution is -0.121. The molecule has 208 valence electrons. The molecular formula is C30H35F2N3O4. The lowest BCUT2D eigenvalue weighted by Crippen LogP contribution is -2.35. The Hall–Kier alpha value is -3.59. The molecule has 2 aromatic carbocycles. The quantitative estimate of drug-likeness (QED) is 0.389. The van der Waals surface area contributed by atoms with Gasteiger partial charge >= 0.3 is 0 Å². The van der Waals surface area contributed by atoms with Gasteiger partial charge in [0.1, 0.15) is 29.3 Å². The van der Waals surface area contributed by atoms with Crippen LogP contribution in [0.4, 0.5) is 8.78 Å². The molecule has 1 heterocycles. The summed E-state index contributed by atoms with van der Waals surface area (Å²) in [5, 5.41) is 15.8. The molecule has 1 amide bonds. The Balaban J connectivity index is 1.63. The van der Waals surface area contributed by atoms with Crippen molar-refractivity contribution in [3.05, 3.63) is 82.2 Å². The van der Waals surface area contributed by atoms with Gasteiger partial charge in [-0.15, -0.1) is 0 Å². The molecule has 4 rings (SSSR count). The number of aliphatic hydroxyl groups excluding tert-OH is 1. The Bertz CT molecular complexity index is 1330. The van der Waals surface area contributed by atoms with Crippen molar-refractivity contribution in [3.8, 4) is 5.75 Å². The topological polar surface area (TPSA) is 84.7 Å². The molecule has 0 saturated heterocycles. The molecule has 1 N–H and O–H groups in total. The number of benzene rings is 2. The number of aromatic nitrogens is 2. The summed E-state index contributed by atoms with van der Waals surface area (Å²) in [5.41, 5.74) is 2.61. The number of hydrogen-bond donors (Lipinski definition) is 1. The fourth-order valence-corrected chi connectivity index (χ4v) is 5.60. The Morgan fingerprint density at radius 3 is 2.41 bits per heavy atom. The van der Waals surface area contributed by atoms with Crippen LogP contribution < -0.4 is 4.74 Å². The van der Waals surface area contributed by atoms with Gasteiger partial charge in [0.25, 0.3) is 5.91 Å². The van der Waals surface area contributed by atoms with Crippen LogP contribution in [0.1, 0.15) is 77.5 Å². The second-order valence-corrected chi connectivity index (χ2v) is 10.4. The summed E-state index contributed by atoms with van der Waals surface area (Å²) >= 11 is 0. The van der Waals surface area contributed by atoms with E-state index in [4.69, 9.17) is 4.74 Å². The Kier molecular flexibility index (Phi) is 8.80. The van der Waals surface area contributed by atoms with Crippen molar-refractivity contribution in [2.45, 2.75) is 65.1 Å². The first kappa shape index (κ1) is 28.4. The maximum Gasteiger partial charge on any atom is 0.257 e. The van der Waals surface area contributed by atoms with Crippen LogP contribution in [0.3, 0.4) is 0 Å². The molecule has 0 radical (unpaired) electrons. The van der Waals surface area contributed by atoms with Crippen molar-refractivity contribution in [1.29, 1.82) is 0 Å². The van der Waals surface area contributed by atoms with Gasteiger partial charge < -0.3 is 14.7 Å². The largest absolute Gasteiger partial charge is 0.496 e. The van der Waals surface area contributed by atoms with Crippen molar-refractivity contribution in [2.24, 2.45) is 5.92 Å². The van der Waals surface area contributed by atoms with Crippen LogP contribution in [-0.4, -0.2) is 45.1 Å². The summed E-state index contributed by atoms with van der Waals surface area (Å²) in [6, 6.07) is 8.58. The molecule has 1 aliphatic rings. The number of aryl methyl sites for hydroxylation is 1. The number of amides is 1. The van der Waals surface area contributed by atoms with E-state index in [9.17, 15) is 23.5 Å². The fourth-order valence-electron chi connectivity index (χ4n) is 5.60. The molecule has 3 aromatic rings. The Morgan fingerprint density at radius 2 is 1.79 bits per heavy atom. The first-order valence-electron chi connectivity index (χ1n) is 13.2. The van der Waals surface area contributed by atoms with E-state index in [-0.39, 0.29) is 36.4 Å². The van der Waals surface area contributed by atoms with Gasteiger partial charge in [0.2, 0.25) is 0 Å². The first-order chi connectivity index (χ1) is 18.6. The molecule has 1 fully saturated rings. The molecule has 1 aromatic heterocycles. The highest BCUT2D eigenvalue weighted by atomic mass is 19.1. The zero-order chi connectivity index (χ0) is 28.3. The van der Waals surface area contributed by atoms with Gasteiger partial charge in [-0.2, -0.15) is 5.10 Å². The molecule has 0 bridgehead atoms. The second kappa shape index (κ2) is 12.1. The Morgan fingerprint density at radius 1 is 1.13 bits per heavy atom. The monoisotopic (exact) mass is 539 g/mol. The third kappa shape index (κ3) is 6.36. The third-order valence-corrected chi connectivity index (χ3v) is 7.71. The summed E-state index contributed by atoms with van der Waals surface area (Å²) < 4.78 is 35.3. The van der Waals surface area contributed by atoms with E-state index in [2.05, 4.69) is 5.10 Å². The third-order valence-electron chi connectivity index (χ3n) is 7.71. The number of ketones is 1. The van der Waals surface area contributed by atoms with Crippen molar-refractivity contribution >= 4 is 11.7 Å². The normalized spacial score (nSPS) is 18.0. The highest BCUT2D eigenvalue weighted by molar-refractivity contribution is 5.95. The molecular weight excluding hydrogens is 504 g/mol. The number of ether oxygens (including phenoxy) is 1. The van der Waals surface area contributed by atoms with E-state index >= 15 is 0 Å². The van der Waals surface area contributed by atoms with Crippen LogP contribution in [0.2, 0.25) is 0 Å². The zero-order valence-corrected chi connectivity index (χ0v) is 22.8. The molecule has 0 spiro atoms. The van der Waals surface area contributed by atoms with Crippen LogP contribution in [0, 0.1) is 31.4 Å². The van der Waals surface area contributed by atoms with E-state index in [0.717, 1.165) is 37.3 Å². The number of carbonyl (C=O) groups excluding carboxylic acids is 2. The molecule has 9 heteroatoms. The van der Waals surface area contributed by atoms with Crippen molar-refractivity contribution in [3.63, 3.8) is 0 Å². The first-order valence-corrected chi connectivity index (χ1v) is 13.2. The molecule has 1 aliphatic carbocycles. The van der Waals surface area contributed by atoms with Crippen LogP contribution >= 0.6 is 0 Å². The smallest absolute Gasteiger partial charge is 0.257 e. The van der Waals surface area contributed by atoms with E-state index in [0.29, 0.717) is 22.6 Å². The highest BCUT2D eigenvalue weighted by Crippen LogP contribution is 2.34. The number of rotatable bonds is 9. The van der Waals surface area contributed by atoms with Gasteiger partial charge in [0, 0.05) is 29.8 Å². The average Bonchev–Trinajstić information content (AvgIpc) is 3.28. The molecule has 7 nitrogen and oxygen atoms in total. The minimum absolute atomic E-state index is 0.0697. The predicted molar refractivity (Wildman–Crippen MR) is 142 cm³/mol. The standard InChI is InChI=1S/C30H35F2N3O4/c1-18-6-5-7-28(39-4)29(18)27(37)17-34(16-21-12-23(31)14-24(32)13-21)30(38)26-15-33-35(19(26)2)25-10-8-22(9-11-25)20(3)36/h5-7,12-15,22,25,27,37H,8-11,16-17H2,1-4H3/t22-,25-,27?.